The van der Waals surface area contributed by atoms with E-state index in [1.54, 1.807) is 6.07 Å². The molecule has 0 unspecified atom stereocenters. The molecule has 0 aromatic heterocycles. The van der Waals surface area contributed by atoms with Gasteiger partial charge < -0.3 is 4.74 Å². The second kappa shape index (κ2) is 6.54. The smallest absolute Gasteiger partial charge is 0.283 e. The molecule has 0 bridgehead atoms. The lowest BCUT2D eigenvalue weighted by molar-refractivity contribution is -0.198. The number of benzene rings is 1. The van der Waals surface area contributed by atoms with Crippen molar-refractivity contribution < 1.29 is 14.4 Å². The summed E-state index contributed by atoms with van der Waals surface area (Å²) in [5.41, 5.74) is 0. The van der Waals surface area contributed by atoms with E-state index in [2.05, 4.69) is 31.9 Å². The zero-order valence-corrected chi connectivity index (χ0v) is 12.9. The van der Waals surface area contributed by atoms with Crippen molar-refractivity contribution in [1.82, 2.24) is 5.06 Å². The van der Waals surface area contributed by atoms with Crippen LogP contribution in [0.15, 0.2) is 27.1 Å². The van der Waals surface area contributed by atoms with E-state index < -0.39 is 0 Å². The minimum absolute atomic E-state index is 0.0137. The highest BCUT2D eigenvalue weighted by Crippen LogP contribution is 2.28. The van der Waals surface area contributed by atoms with Gasteiger partial charge in [-0.25, -0.2) is 5.06 Å². The Morgan fingerprint density at radius 1 is 1.39 bits per heavy atom. The first kappa shape index (κ1) is 13.8. The lowest BCUT2D eigenvalue weighted by Crippen LogP contribution is -2.38. The van der Waals surface area contributed by atoms with Gasteiger partial charge in [-0.3, -0.25) is 9.63 Å². The Hall–Kier alpha value is -0.590. The fraction of sp³-hybridized carbons (Fsp3) is 0.417. The van der Waals surface area contributed by atoms with E-state index in [1.165, 1.54) is 5.06 Å². The third-order valence-corrected chi connectivity index (χ3v) is 3.64. The molecular weight excluding hydrogens is 366 g/mol. The van der Waals surface area contributed by atoms with Crippen molar-refractivity contribution in [2.75, 3.05) is 19.8 Å². The number of hydroxylamine groups is 2. The van der Waals surface area contributed by atoms with Crippen LogP contribution < -0.4 is 4.74 Å². The summed E-state index contributed by atoms with van der Waals surface area (Å²) in [5.74, 6) is 0.494. The summed E-state index contributed by atoms with van der Waals surface area (Å²) < 4.78 is 7.23. The van der Waals surface area contributed by atoms with Gasteiger partial charge in [-0.05, 0) is 47.0 Å². The van der Waals surface area contributed by atoms with E-state index in [9.17, 15) is 4.79 Å². The largest absolute Gasteiger partial charge is 0.482 e. The van der Waals surface area contributed by atoms with Crippen molar-refractivity contribution in [1.29, 1.82) is 0 Å². The van der Waals surface area contributed by atoms with Crippen molar-refractivity contribution in [2.24, 2.45) is 0 Å². The van der Waals surface area contributed by atoms with E-state index >= 15 is 0 Å². The molecule has 1 fully saturated rings. The molecule has 0 radical (unpaired) electrons. The fourth-order valence-electron chi connectivity index (χ4n) is 1.60. The van der Waals surface area contributed by atoms with Crippen molar-refractivity contribution in [2.45, 2.75) is 12.8 Å². The number of halogens is 2. The maximum atomic E-state index is 11.8. The normalized spacial score (nSPS) is 15.6. The molecule has 1 aromatic rings. The second-order valence-electron chi connectivity index (χ2n) is 3.90. The molecule has 6 heteroatoms. The average molecular weight is 379 g/mol. The zero-order chi connectivity index (χ0) is 13.0. The van der Waals surface area contributed by atoms with Crippen LogP contribution in [0.3, 0.4) is 0 Å². The van der Waals surface area contributed by atoms with Gasteiger partial charge in [0, 0.05) is 11.0 Å². The number of hydrogen-bond donors (Lipinski definition) is 0. The molecule has 2 rings (SSSR count). The minimum Gasteiger partial charge on any atom is -0.482 e. The number of amides is 1. The molecule has 1 aliphatic rings. The van der Waals surface area contributed by atoms with E-state index in [1.807, 2.05) is 12.1 Å². The van der Waals surface area contributed by atoms with Gasteiger partial charge in [-0.2, -0.15) is 0 Å². The number of carbonyl (C=O) groups excluding carboxylic acids is 1. The zero-order valence-electron chi connectivity index (χ0n) is 9.70. The first-order valence-electron chi connectivity index (χ1n) is 5.68. The van der Waals surface area contributed by atoms with Gasteiger partial charge in [0.1, 0.15) is 5.75 Å². The Morgan fingerprint density at radius 2 is 2.22 bits per heavy atom. The number of hydrogen-bond acceptors (Lipinski definition) is 3. The van der Waals surface area contributed by atoms with Crippen molar-refractivity contribution in [3.05, 3.63) is 27.1 Å². The van der Waals surface area contributed by atoms with Crippen molar-refractivity contribution in [3.8, 4) is 5.75 Å². The molecule has 1 aromatic carbocycles. The van der Waals surface area contributed by atoms with Crippen molar-refractivity contribution in [3.63, 3.8) is 0 Å². The molecule has 4 nitrogen and oxygen atoms in total. The quantitative estimate of drug-likeness (QED) is 0.810. The van der Waals surface area contributed by atoms with Crippen LogP contribution in [0.4, 0.5) is 0 Å². The van der Waals surface area contributed by atoms with Crippen LogP contribution in [0.25, 0.3) is 0 Å². The molecule has 1 aliphatic heterocycles. The molecule has 18 heavy (non-hydrogen) atoms. The van der Waals surface area contributed by atoms with Gasteiger partial charge >= 0.3 is 0 Å². The topological polar surface area (TPSA) is 38.8 Å². The van der Waals surface area contributed by atoms with Crippen molar-refractivity contribution >= 4 is 37.8 Å². The molecule has 0 N–H and O–H groups in total. The third-order valence-electron chi connectivity index (χ3n) is 2.53. The first-order chi connectivity index (χ1) is 8.66. The summed E-state index contributed by atoms with van der Waals surface area (Å²) in [6.07, 6.45) is 1.98. The Morgan fingerprint density at radius 3 is 2.89 bits per heavy atom. The van der Waals surface area contributed by atoms with Gasteiger partial charge in [-0.1, -0.05) is 15.9 Å². The summed E-state index contributed by atoms with van der Waals surface area (Å²) in [4.78, 5) is 17.1. The van der Waals surface area contributed by atoms with Gasteiger partial charge in [0.25, 0.3) is 5.91 Å². The number of carbonyl (C=O) groups is 1. The van der Waals surface area contributed by atoms with Crippen LogP contribution in [0.5, 0.6) is 5.75 Å². The standard InChI is InChI=1S/C12H13Br2NO3/c13-9-3-4-11(10(14)7-9)17-8-12(16)15-5-1-2-6-18-15/h3-4,7H,1-2,5-6,8H2. The van der Waals surface area contributed by atoms with E-state index in [0.717, 1.165) is 21.8 Å². The van der Waals surface area contributed by atoms with E-state index in [-0.39, 0.29) is 12.5 Å². The SMILES string of the molecule is O=C(COc1ccc(Br)cc1Br)N1CCCCO1. The first-order valence-corrected chi connectivity index (χ1v) is 7.26. The van der Waals surface area contributed by atoms with Gasteiger partial charge in [-0.15, -0.1) is 0 Å². The van der Waals surface area contributed by atoms with Gasteiger partial charge in [0.15, 0.2) is 6.61 Å². The van der Waals surface area contributed by atoms with Crippen LogP contribution in [0.2, 0.25) is 0 Å². The summed E-state index contributed by atoms with van der Waals surface area (Å²) in [7, 11) is 0. The summed E-state index contributed by atoms with van der Waals surface area (Å²) in [6, 6.07) is 5.54. The monoisotopic (exact) mass is 377 g/mol. The highest BCUT2D eigenvalue weighted by molar-refractivity contribution is 9.11. The third kappa shape index (κ3) is 3.70. The number of ether oxygens (including phenoxy) is 1. The number of nitrogens with zero attached hydrogens (tertiary/aromatic N) is 1. The summed E-state index contributed by atoms with van der Waals surface area (Å²) in [6.45, 7) is 1.23. The molecular formula is C12H13Br2NO3. The molecule has 0 atom stereocenters. The second-order valence-corrected chi connectivity index (χ2v) is 5.67. The lowest BCUT2D eigenvalue weighted by Gasteiger charge is -2.25. The van der Waals surface area contributed by atoms with Gasteiger partial charge in [0.05, 0.1) is 11.1 Å². The fourth-order valence-corrected chi connectivity index (χ4v) is 2.76. The Balaban J connectivity index is 1.88. The highest BCUT2D eigenvalue weighted by atomic mass is 79.9. The molecule has 1 amide bonds. The molecule has 1 heterocycles. The van der Waals surface area contributed by atoms with Crippen LogP contribution in [-0.2, 0) is 9.63 Å². The van der Waals surface area contributed by atoms with Crippen LogP contribution >= 0.6 is 31.9 Å². The van der Waals surface area contributed by atoms with Gasteiger partial charge in [0.2, 0.25) is 0 Å². The maximum absolute atomic E-state index is 11.8. The summed E-state index contributed by atoms with van der Waals surface area (Å²) in [5, 5.41) is 1.39. The molecule has 0 aliphatic carbocycles. The van der Waals surface area contributed by atoms with Crippen LogP contribution in [0, 0.1) is 0 Å². The van der Waals surface area contributed by atoms with Crippen LogP contribution in [0.1, 0.15) is 12.8 Å². The Labute approximate surface area is 122 Å². The predicted octanol–water partition coefficient (Wildman–Crippen LogP) is 3.14. The molecule has 1 saturated heterocycles. The lowest BCUT2D eigenvalue weighted by atomic mass is 10.3. The molecule has 0 saturated carbocycles. The maximum Gasteiger partial charge on any atom is 0.283 e. The predicted molar refractivity (Wildman–Crippen MR) is 74.2 cm³/mol. The summed E-state index contributed by atoms with van der Waals surface area (Å²) >= 11 is 6.74. The van der Waals surface area contributed by atoms with E-state index in [0.29, 0.717) is 18.9 Å². The van der Waals surface area contributed by atoms with Crippen LogP contribution in [-0.4, -0.2) is 30.7 Å². The Bertz CT molecular complexity index is 433. The molecule has 0 spiro atoms. The average Bonchev–Trinajstić information content (AvgIpc) is 2.38. The minimum atomic E-state index is -0.149. The highest BCUT2D eigenvalue weighted by Gasteiger charge is 2.18. The number of rotatable bonds is 3. The molecule has 98 valence electrons. The Kier molecular flexibility index (Phi) is 5.03. The van der Waals surface area contributed by atoms with E-state index in [4.69, 9.17) is 9.57 Å².